The molecular formula is C29H24NP. The van der Waals surface area contributed by atoms with Crippen LogP contribution in [0.3, 0.4) is 0 Å². The first-order chi connectivity index (χ1) is 15.2. The van der Waals surface area contributed by atoms with Gasteiger partial charge in [-0.1, -0.05) is 92.9 Å². The van der Waals surface area contributed by atoms with E-state index >= 15 is 0 Å². The fourth-order valence-electron chi connectivity index (χ4n) is 4.99. The quantitative estimate of drug-likeness (QED) is 0.219. The molecule has 150 valence electrons. The number of fused-ring (bicyclic) bond motifs is 6. The van der Waals surface area contributed by atoms with Gasteiger partial charge in [-0.25, -0.2) is 4.98 Å². The van der Waals surface area contributed by atoms with E-state index in [4.69, 9.17) is 4.98 Å². The smallest absolute Gasteiger partial charge is 0.0794 e. The molecule has 1 aliphatic rings. The summed E-state index contributed by atoms with van der Waals surface area (Å²) >= 11 is 0. The minimum atomic E-state index is -0.0915. The number of aromatic nitrogens is 1. The summed E-state index contributed by atoms with van der Waals surface area (Å²) in [6.45, 7) is 4.63. The first-order valence-corrected chi connectivity index (χ1v) is 13.1. The SMILES string of the molecule is CP(C)c1ccc(-c2c3c(nc4c2ccc2ccccc24)-c2ccccc2CC3)cc1. The molecule has 0 N–H and O–H groups in total. The molecule has 1 aliphatic carbocycles. The molecule has 0 aliphatic heterocycles. The third kappa shape index (κ3) is 2.99. The van der Waals surface area contributed by atoms with Gasteiger partial charge in [0.15, 0.2) is 0 Å². The van der Waals surface area contributed by atoms with Crippen molar-refractivity contribution in [3.05, 3.63) is 96.1 Å². The zero-order valence-electron chi connectivity index (χ0n) is 17.9. The maximum Gasteiger partial charge on any atom is 0.0794 e. The van der Waals surface area contributed by atoms with Crippen LogP contribution in [0.5, 0.6) is 0 Å². The van der Waals surface area contributed by atoms with Gasteiger partial charge in [0.1, 0.15) is 0 Å². The molecule has 0 spiro atoms. The molecule has 6 rings (SSSR count). The lowest BCUT2D eigenvalue weighted by atomic mass is 9.83. The van der Waals surface area contributed by atoms with Gasteiger partial charge in [0.05, 0.1) is 11.2 Å². The van der Waals surface area contributed by atoms with Crippen molar-refractivity contribution in [3.8, 4) is 22.4 Å². The molecule has 1 heterocycles. The Bertz CT molecular complexity index is 1450. The highest BCUT2D eigenvalue weighted by Crippen LogP contribution is 2.43. The molecule has 5 aromatic rings. The molecule has 0 atom stereocenters. The van der Waals surface area contributed by atoms with Gasteiger partial charge in [-0.15, -0.1) is 0 Å². The molecule has 1 nitrogen and oxygen atoms in total. The van der Waals surface area contributed by atoms with Gasteiger partial charge in [0, 0.05) is 16.3 Å². The van der Waals surface area contributed by atoms with Crippen LogP contribution in [0.25, 0.3) is 44.1 Å². The number of benzene rings is 4. The van der Waals surface area contributed by atoms with E-state index in [1.165, 1.54) is 49.3 Å². The Morgan fingerprint density at radius 3 is 2.32 bits per heavy atom. The second-order valence-corrected chi connectivity index (χ2v) is 10.9. The van der Waals surface area contributed by atoms with Crippen LogP contribution in [0.4, 0.5) is 0 Å². The van der Waals surface area contributed by atoms with Crippen molar-refractivity contribution in [2.45, 2.75) is 12.8 Å². The van der Waals surface area contributed by atoms with Crippen molar-refractivity contribution in [3.63, 3.8) is 0 Å². The summed E-state index contributed by atoms with van der Waals surface area (Å²) in [5.74, 6) is 0. The largest absolute Gasteiger partial charge is 0.247 e. The fraction of sp³-hybridized carbons (Fsp3) is 0.138. The molecule has 0 saturated carbocycles. The van der Waals surface area contributed by atoms with E-state index in [1.807, 2.05) is 0 Å². The zero-order valence-corrected chi connectivity index (χ0v) is 18.8. The second-order valence-electron chi connectivity index (χ2n) is 8.60. The lowest BCUT2D eigenvalue weighted by Gasteiger charge is -2.24. The van der Waals surface area contributed by atoms with Crippen LogP contribution < -0.4 is 5.30 Å². The minimum absolute atomic E-state index is 0.0915. The van der Waals surface area contributed by atoms with E-state index in [0.717, 1.165) is 24.1 Å². The summed E-state index contributed by atoms with van der Waals surface area (Å²) in [7, 11) is -0.0915. The number of hydrogen-bond acceptors (Lipinski definition) is 1. The number of pyridine rings is 1. The van der Waals surface area contributed by atoms with Crippen LogP contribution in [0, 0.1) is 0 Å². The fourth-order valence-corrected chi connectivity index (χ4v) is 5.73. The third-order valence-corrected chi connectivity index (χ3v) is 7.90. The van der Waals surface area contributed by atoms with Crippen molar-refractivity contribution in [1.82, 2.24) is 4.98 Å². The summed E-state index contributed by atoms with van der Waals surface area (Å²) in [4.78, 5) is 5.32. The average molecular weight is 417 g/mol. The van der Waals surface area contributed by atoms with E-state index in [2.05, 4.69) is 98.3 Å². The number of hydrogen-bond donors (Lipinski definition) is 0. The Hall–Kier alpha value is -3.02. The van der Waals surface area contributed by atoms with Gasteiger partial charge in [-0.2, -0.15) is 0 Å². The Morgan fingerprint density at radius 1 is 0.710 bits per heavy atom. The van der Waals surface area contributed by atoms with E-state index in [-0.39, 0.29) is 7.92 Å². The molecule has 4 aromatic carbocycles. The summed E-state index contributed by atoms with van der Waals surface area (Å²) in [6.07, 6.45) is 2.11. The van der Waals surface area contributed by atoms with Crippen LogP contribution in [0.1, 0.15) is 11.1 Å². The van der Waals surface area contributed by atoms with Gasteiger partial charge in [-0.3, -0.25) is 0 Å². The predicted octanol–water partition coefficient (Wildman–Crippen LogP) is 7.19. The highest BCUT2D eigenvalue weighted by atomic mass is 31.1. The van der Waals surface area contributed by atoms with Crippen molar-refractivity contribution in [1.29, 1.82) is 0 Å². The van der Waals surface area contributed by atoms with Crippen LogP contribution in [-0.2, 0) is 12.8 Å². The molecule has 31 heavy (non-hydrogen) atoms. The van der Waals surface area contributed by atoms with E-state index < -0.39 is 0 Å². The van der Waals surface area contributed by atoms with Gasteiger partial charge in [-0.05, 0) is 59.1 Å². The van der Waals surface area contributed by atoms with Gasteiger partial charge in [0.25, 0.3) is 0 Å². The van der Waals surface area contributed by atoms with Crippen LogP contribution in [-0.4, -0.2) is 18.3 Å². The van der Waals surface area contributed by atoms with Crippen LogP contribution in [0.15, 0.2) is 84.9 Å². The van der Waals surface area contributed by atoms with Gasteiger partial charge < -0.3 is 0 Å². The lowest BCUT2D eigenvalue weighted by Crippen LogP contribution is -2.09. The highest BCUT2D eigenvalue weighted by molar-refractivity contribution is 7.64. The molecule has 0 unspecified atom stereocenters. The minimum Gasteiger partial charge on any atom is -0.247 e. The number of rotatable bonds is 2. The van der Waals surface area contributed by atoms with E-state index in [0.29, 0.717) is 0 Å². The summed E-state index contributed by atoms with van der Waals surface area (Å²) in [5.41, 5.74) is 9.04. The zero-order chi connectivity index (χ0) is 20.9. The van der Waals surface area contributed by atoms with Gasteiger partial charge >= 0.3 is 0 Å². The Morgan fingerprint density at radius 2 is 1.48 bits per heavy atom. The molecule has 0 radical (unpaired) electrons. The summed E-state index contributed by atoms with van der Waals surface area (Å²) in [5, 5.41) is 5.19. The van der Waals surface area contributed by atoms with E-state index in [1.54, 1.807) is 0 Å². The lowest BCUT2D eigenvalue weighted by molar-refractivity contribution is 0.935. The van der Waals surface area contributed by atoms with Crippen molar-refractivity contribution >= 4 is 34.9 Å². The molecule has 0 fully saturated rings. The molecule has 1 aromatic heterocycles. The van der Waals surface area contributed by atoms with E-state index in [9.17, 15) is 0 Å². The molecular weight excluding hydrogens is 393 g/mol. The van der Waals surface area contributed by atoms with Crippen LogP contribution >= 0.6 is 7.92 Å². The normalized spacial score (nSPS) is 12.9. The average Bonchev–Trinajstić information content (AvgIpc) is 2.82. The molecule has 2 heteroatoms. The van der Waals surface area contributed by atoms with Crippen molar-refractivity contribution in [2.24, 2.45) is 0 Å². The predicted molar refractivity (Wildman–Crippen MR) is 136 cm³/mol. The summed E-state index contributed by atoms with van der Waals surface area (Å²) in [6, 6.07) is 31.2. The van der Waals surface area contributed by atoms with Crippen molar-refractivity contribution < 1.29 is 0 Å². The summed E-state index contributed by atoms with van der Waals surface area (Å²) < 4.78 is 0. The maximum atomic E-state index is 5.32. The molecule has 0 amide bonds. The monoisotopic (exact) mass is 417 g/mol. The maximum absolute atomic E-state index is 5.32. The number of nitrogens with zero attached hydrogens (tertiary/aromatic N) is 1. The van der Waals surface area contributed by atoms with Crippen LogP contribution in [0.2, 0.25) is 0 Å². The Balaban J connectivity index is 1.73. The Kier molecular flexibility index (Phi) is 4.40. The van der Waals surface area contributed by atoms with Crippen molar-refractivity contribution in [2.75, 3.05) is 13.3 Å². The Labute approximate surface area is 184 Å². The first-order valence-electron chi connectivity index (χ1n) is 10.9. The van der Waals surface area contributed by atoms with Gasteiger partial charge in [0.2, 0.25) is 0 Å². The highest BCUT2D eigenvalue weighted by Gasteiger charge is 2.23. The molecule has 0 saturated heterocycles. The number of aryl methyl sites for hydroxylation is 1. The third-order valence-electron chi connectivity index (χ3n) is 6.57. The second kappa shape index (κ2) is 7.29. The topological polar surface area (TPSA) is 12.9 Å². The first kappa shape index (κ1) is 18.7. The molecule has 0 bridgehead atoms. The standard InChI is InChI=1S/C29H24NP/c1-31(2)22-15-11-21(12-16-22)27-25-17-13-19-7-3-5-9-23(19)28(25)30-29-24-10-6-4-8-20(24)14-18-26(27)29/h3-13,15-17H,14,18H2,1-2H3.